The van der Waals surface area contributed by atoms with Crippen LogP contribution in [0, 0.1) is 13.8 Å². The predicted octanol–water partition coefficient (Wildman–Crippen LogP) is 4.77. The maximum Gasteiger partial charge on any atom is 0.471 e. The average Bonchev–Trinajstić information content (AvgIpc) is 2.53. The molecule has 0 unspecified atom stereocenters. The summed E-state index contributed by atoms with van der Waals surface area (Å²) in [5, 5.41) is 21.0. The van der Waals surface area contributed by atoms with Crippen LogP contribution in [-0.2, 0) is 4.79 Å². The van der Waals surface area contributed by atoms with Crippen molar-refractivity contribution in [3.63, 3.8) is 0 Å². The van der Waals surface area contributed by atoms with Gasteiger partial charge in [0.1, 0.15) is 16.5 Å². The van der Waals surface area contributed by atoms with Crippen molar-refractivity contribution in [2.75, 3.05) is 11.1 Å². The highest BCUT2D eigenvalue weighted by atomic mass is 35.5. The SMILES string of the molecule is Cc1cc(-c2c(C)c(O)cc(N)c2Cl)c(NC(=O)C(F)(F)F)c(Cl)c1O. The minimum Gasteiger partial charge on any atom is -0.508 e. The number of halogens is 5. The monoisotopic (exact) mass is 408 g/mol. The molecule has 0 aliphatic rings. The van der Waals surface area contributed by atoms with Crippen molar-refractivity contribution in [3.8, 4) is 22.6 Å². The Morgan fingerprint density at radius 3 is 2.27 bits per heavy atom. The molecule has 5 nitrogen and oxygen atoms in total. The first-order chi connectivity index (χ1) is 11.9. The van der Waals surface area contributed by atoms with Gasteiger partial charge >= 0.3 is 12.1 Å². The topological polar surface area (TPSA) is 95.6 Å². The van der Waals surface area contributed by atoms with Gasteiger partial charge in [-0.25, -0.2) is 0 Å². The van der Waals surface area contributed by atoms with Crippen LogP contribution in [0.3, 0.4) is 0 Å². The molecular weight excluding hydrogens is 396 g/mol. The smallest absolute Gasteiger partial charge is 0.471 e. The highest BCUT2D eigenvalue weighted by Gasteiger charge is 2.39. The van der Waals surface area contributed by atoms with Crippen LogP contribution >= 0.6 is 23.2 Å². The van der Waals surface area contributed by atoms with E-state index in [9.17, 15) is 28.2 Å². The summed E-state index contributed by atoms with van der Waals surface area (Å²) in [6, 6.07) is 2.46. The van der Waals surface area contributed by atoms with E-state index < -0.39 is 28.5 Å². The maximum absolute atomic E-state index is 12.7. The number of nitrogen functional groups attached to an aromatic ring is 1. The molecule has 0 saturated carbocycles. The largest absolute Gasteiger partial charge is 0.508 e. The fourth-order valence-electron chi connectivity index (χ4n) is 2.35. The molecule has 10 heteroatoms. The molecule has 26 heavy (non-hydrogen) atoms. The zero-order valence-electron chi connectivity index (χ0n) is 13.4. The van der Waals surface area contributed by atoms with E-state index in [0.29, 0.717) is 0 Å². The molecule has 2 rings (SSSR count). The van der Waals surface area contributed by atoms with Gasteiger partial charge < -0.3 is 21.3 Å². The van der Waals surface area contributed by atoms with Gasteiger partial charge in [-0.2, -0.15) is 13.2 Å². The van der Waals surface area contributed by atoms with Gasteiger partial charge in [0.2, 0.25) is 0 Å². The number of amides is 1. The summed E-state index contributed by atoms with van der Waals surface area (Å²) in [6.45, 7) is 2.91. The van der Waals surface area contributed by atoms with Crippen molar-refractivity contribution >= 4 is 40.5 Å². The van der Waals surface area contributed by atoms with E-state index in [0.717, 1.165) is 0 Å². The van der Waals surface area contributed by atoms with Crippen molar-refractivity contribution in [2.24, 2.45) is 0 Å². The Hall–Kier alpha value is -2.32. The minimum absolute atomic E-state index is 0.0280. The van der Waals surface area contributed by atoms with Crippen LogP contribution in [0.15, 0.2) is 12.1 Å². The Morgan fingerprint density at radius 2 is 1.73 bits per heavy atom. The zero-order chi connectivity index (χ0) is 20.0. The molecule has 0 aromatic heterocycles. The molecule has 0 bridgehead atoms. The number of phenolic OH excluding ortho intramolecular Hbond substituents is 2. The zero-order valence-corrected chi connectivity index (χ0v) is 14.9. The Labute approximate surface area is 156 Å². The number of anilines is 2. The fraction of sp³-hybridized carbons (Fsp3) is 0.188. The summed E-state index contributed by atoms with van der Waals surface area (Å²) in [5.41, 5.74) is 5.64. The molecular formula is C16H13Cl2F3N2O3. The lowest BCUT2D eigenvalue weighted by Gasteiger charge is -2.20. The fourth-order valence-corrected chi connectivity index (χ4v) is 2.94. The molecule has 0 radical (unpaired) electrons. The lowest BCUT2D eigenvalue weighted by Crippen LogP contribution is -2.30. The van der Waals surface area contributed by atoms with E-state index in [1.807, 2.05) is 0 Å². The van der Waals surface area contributed by atoms with Crippen molar-refractivity contribution in [1.29, 1.82) is 0 Å². The molecule has 0 saturated heterocycles. The predicted molar refractivity (Wildman–Crippen MR) is 93.8 cm³/mol. The van der Waals surface area contributed by atoms with Crippen LogP contribution in [0.25, 0.3) is 11.1 Å². The minimum atomic E-state index is -5.18. The van der Waals surface area contributed by atoms with Gasteiger partial charge in [0, 0.05) is 22.8 Å². The number of hydrogen-bond donors (Lipinski definition) is 4. The second kappa shape index (κ2) is 6.77. The summed E-state index contributed by atoms with van der Waals surface area (Å²) in [7, 11) is 0. The number of hydrogen-bond acceptors (Lipinski definition) is 4. The van der Waals surface area contributed by atoms with Crippen LogP contribution in [0.5, 0.6) is 11.5 Å². The van der Waals surface area contributed by atoms with Gasteiger partial charge in [-0.1, -0.05) is 23.2 Å². The lowest BCUT2D eigenvalue weighted by atomic mass is 9.95. The average molecular weight is 409 g/mol. The van der Waals surface area contributed by atoms with E-state index in [1.54, 1.807) is 5.32 Å². The van der Waals surface area contributed by atoms with Gasteiger partial charge in [-0.3, -0.25) is 4.79 Å². The van der Waals surface area contributed by atoms with Gasteiger partial charge in [0.25, 0.3) is 0 Å². The van der Waals surface area contributed by atoms with Crippen LogP contribution in [0.2, 0.25) is 10.0 Å². The standard InChI is InChI=1S/C16H13Cl2F3N2O3/c1-5-3-7(10-6(2)9(24)4-8(22)11(10)17)13(12(18)14(5)25)23-15(26)16(19,20)21/h3-4,24-25H,22H2,1-2H3,(H,23,26). The summed E-state index contributed by atoms with van der Waals surface area (Å²) < 4.78 is 38.0. The number of alkyl halides is 3. The number of nitrogens with two attached hydrogens (primary N) is 1. The van der Waals surface area contributed by atoms with Crippen LogP contribution < -0.4 is 11.1 Å². The van der Waals surface area contributed by atoms with Crippen molar-refractivity contribution in [2.45, 2.75) is 20.0 Å². The number of phenols is 2. The maximum atomic E-state index is 12.7. The lowest BCUT2D eigenvalue weighted by molar-refractivity contribution is -0.167. The Balaban J connectivity index is 2.84. The number of aryl methyl sites for hydroxylation is 1. The number of benzene rings is 2. The summed E-state index contributed by atoms with van der Waals surface area (Å²) in [4.78, 5) is 11.4. The van der Waals surface area contributed by atoms with Gasteiger partial charge in [-0.05, 0) is 25.5 Å². The molecule has 0 aliphatic carbocycles. The molecule has 140 valence electrons. The van der Waals surface area contributed by atoms with E-state index in [2.05, 4.69) is 0 Å². The third-order valence-corrected chi connectivity index (χ3v) is 4.50. The van der Waals surface area contributed by atoms with Gasteiger partial charge in [0.15, 0.2) is 0 Å². The van der Waals surface area contributed by atoms with E-state index >= 15 is 0 Å². The molecule has 1 amide bonds. The molecule has 0 heterocycles. The third kappa shape index (κ3) is 3.47. The van der Waals surface area contributed by atoms with Crippen molar-refractivity contribution < 1.29 is 28.2 Å². The number of carbonyl (C=O) groups excluding carboxylic acids is 1. The number of aromatic hydroxyl groups is 2. The van der Waals surface area contributed by atoms with Crippen LogP contribution in [0.1, 0.15) is 11.1 Å². The molecule has 0 spiro atoms. The highest BCUT2D eigenvalue weighted by Crippen LogP contribution is 2.48. The third-order valence-electron chi connectivity index (χ3n) is 3.72. The van der Waals surface area contributed by atoms with Crippen LogP contribution in [-0.4, -0.2) is 22.3 Å². The first-order valence-corrected chi connectivity index (χ1v) is 7.80. The van der Waals surface area contributed by atoms with Gasteiger partial charge in [-0.15, -0.1) is 0 Å². The first kappa shape index (κ1) is 20.0. The Kier molecular flexibility index (Phi) is 5.21. The molecule has 0 aliphatic heterocycles. The molecule has 2 aromatic rings. The summed E-state index contributed by atoms with van der Waals surface area (Å²) in [5.74, 6) is -3.04. The number of carbonyl (C=O) groups is 1. The summed E-state index contributed by atoms with van der Waals surface area (Å²) in [6.07, 6.45) is -5.18. The molecule has 5 N–H and O–H groups in total. The quantitative estimate of drug-likeness (QED) is 0.538. The van der Waals surface area contributed by atoms with Crippen molar-refractivity contribution in [3.05, 3.63) is 33.3 Å². The highest BCUT2D eigenvalue weighted by molar-refractivity contribution is 6.38. The normalized spacial score (nSPS) is 11.5. The van der Waals surface area contributed by atoms with E-state index in [4.69, 9.17) is 28.9 Å². The second-order valence-corrected chi connectivity index (χ2v) is 6.29. The number of nitrogens with one attached hydrogen (secondary N) is 1. The van der Waals surface area contributed by atoms with Crippen molar-refractivity contribution in [1.82, 2.24) is 0 Å². The molecule has 2 aromatic carbocycles. The van der Waals surface area contributed by atoms with E-state index in [1.165, 1.54) is 26.0 Å². The second-order valence-electron chi connectivity index (χ2n) is 5.53. The number of rotatable bonds is 2. The van der Waals surface area contributed by atoms with E-state index in [-0.39, 0.29) is 38.7 Å². The Bertz CT molecular complexity index is 889. The first-order valence-electron chi connectivity index (χ1n) is 7.04. The Morgan fingerprint density at radius 1 is 1.15 bits per heavy atom. The van der Waals surface area contributed by atoms with Crippen LogP contribution in [0.4, 0.5) is 24.5 Å². The summed E-state index contributed by atoms with van der Waals surface area (Å²) >= 11 is 12.1. The molecule has 0 atom stereocenters. The molecule has 0 fully saturated rings. The van der Waals surface area contributed by atoms with Gasteiger partial charge in [0.05, 0.1) is 16.4 Å².